The van der Waals surface area contributed by atoms with Crippen molar-refractivity contribution in [1.29, 1.82) is 0 Å². The first-order valence-corrected chi connectivity index (χ1v) is 11.2. The molecule has 0 aliphatic heterocycles. The molecule has 0 spiro atoms. The molecule has 1 amide bonds. The lowest BCUT2D eigenvalue weighted by atomic mass is 10.1. The number of amides is 1. The summed E-state index contributed by atoms with van der Waals surface area (Å²) >= 11 is 1.34. The first-order chi connectivity index (χ1) is 15.6. The number of carbonyl (C=O) groups excluding carboxylic acids is 1. The number of nitrogens with one attached hydrogen (secondary N) is 1. The number of methoxy groups -OCH3 is 2. The molecule has 2 heterocycles. The van der Waals surface area contributed by atoms with Gasteiger partial charge in [-0.2, -0.15) is 0 Å². The fourth-order valence-corrected chi connectivity index (χ4v) is 3.89. The third-order valence-corrected chi connectivity index (χ3v) is 5.68. The van der Waals surface area contributed by atoms with Gasteiger partial charge in [-0.25, -0.2) is 0 Å². The number of carbonyl (C=O) groups is 1. The Balaban J connectivity index is 1.58. The lowest BCUT2D eigenvalue weighted by molar-refractivity contribution is -0.119. The van der Waals surface area contributed by atoms with Crippen LogP contribution in [0.5, 0.6) is 11.5 Å². The average molecular weight is 461 g/mol. The predicted octanol–water partition coefficient (Wildman–Crippen LogP) is 3.56. The first kappa shape index (κ1) is 23.7. The van der Waals surface area contributed by atoms with Crippen molar-refractivity contribution in [3.05, 3.63) is 42.2 Å². The molecule has 1 unspecified atom stereocenters. The Kier molecular flexibility index (Phi) is 8.57. The van der Waals surface area contributed by atoms with Gasteiger partial charge in [0.05, 0.1) is 31.8 Å². The van der Waals surface area contributed by atoms with E-state index in [9.17, 15) is 4.79 Å². The van der Waals surface area contributed by atoms with E-state index < -0.39 is 0 Å². The van der Waals surface area contributed by atoms with Gasteiger partial charge >= 0.3 is 0 Å². The van der Waals surface area contributed by atoms with Crippen molar-refractivity contribution in [3.63, 3.8) is 0 Å². The zero-order valence-electron chi connectivity index (χ0n) is 18.7. The highest BCUT2D eigenvalue weighted by molar-refractivity contribution is 7.99. The normalized spacial score (nSPS) is 11.9. The molecule has 32 heavy (non-hydrogen) atoms. The van der Waals surface area contributed by atoms with E-state index in [0.29, 0.717) is 48.0 Å². The molecule has 0 bridgehead atoms. The van der Waals surface area contributed by atoms with Crippen LogP contribution in [0.15, 0.2) is 46.2 Å². The molecule has 3 aromatic rings. The van der Waals surface area contributed by atoms with Crippen molar-refractivity contribution in [1.82, 2.24) is 20.1 Å². The first-order valence-electron chi connectivity index (χ1n) is 10.3. The number of rotatable bonds is 12. The summed E-state index contributed by atoms with van der Waals surface area (Å²) in [5.41, 5.74) is 0.913. The van der Waals surface area contributed by atoms with Crippen LogP contribution >= 0.6 is 11.8 Å². The number of hydrogen-bond donors (Lipinski definition) is 1. The highest BCUT2D eigenvalue weighted by Gasteiger charge is 2.18. The van der Waals surface area contributed by atoms with Crippen LogP contribution in [0.25, 0.3) is 11.6 Å². The number of ether oxygens (including phenoxy) is 3. The topological polar surface area (TPSA) is 101 Å². The van der Waals surface area contributed by atoms with Crippen molar-refractivity contribution in [2.24, 2.45) is 0 Å². The molecule has 10 heteroatoms. The number of furan rings is 1. The van der Waals surface area contributed by atoms with Crippen LogP contribution in [-0.4, -0.2) is 53.9 Å². The average Bonchev–Trinajstić information content (AvgIpc) is 3.47. The molecular formula is C22H28N4O5S. The van der Waals surface area contributed by atoms with Gasteiger partial charge in [0.15, 0.2) is 28.2 Å². The lowest BCUT2D eigenvalue weighted by Crippen LogP contribution is -2.28. The maximum absolute atomic E-state index is 12.6. The largest absolute Gasteiger partial charge is 0.493 e. The molecule has 0 aliphatic carbocycles. The van der Waals surface area contributed by atoms with Crippen molar-refractivity contribution in [2.45, 2.75) is 31.6 Å². The van der Waals surface area contributed by atoms with Crippen LogP contribution in [0.4, 0.5) is 0 Å². The van der Waals surface area contributed by atoms with Crippen molar-refractivity contribution in [3.8, 4) is 23.1 Å². The van der Waals surface area contributed by atoms with Crippen LogP contribution in [0.3, 0.4) is 0 Å². The van der Waals surface area contributed by atoms with Gasteiger partial charge in [0.2, 0.25) is 5.91 Å². The van der Waals surface area contributed by atoms with Crippen molar-refractivity contribution >= 4 is 17.7 Å². The molecule has 0 radical (unpaired) electrons. The summed E-state index contributed by atoms with van der Waals surface area (Å²) in [6.07, 6.45) is 1.60. The molecule has 3 rings (SSSR count). The van der Waals surface area contributed by atoms with Crippen LogP contribution in [0, 0.1) is 0 Å². The minimum absolute atomic E-state index is 0.105. The van der Waals surface area contributed by atoms with E-state index in [1.165, 1.54) is 11.8 Å². The standard InChI is InChI=1S/C22H28N4O5S/c1-5-26-21(18-7-6-10-30-18)24-25-22(26)32-14-20(27)23-15(2)16-8-9-17(19(13-16)29-4)31-12-11-28-3/h6-10,13,15H,5,11-12,14H2,1-4H3,(H,23,27). The molecule has 0 fully saturated rings. The smallest absolute Gasteiger partial charge is 0.230 e. The predicted molar refractivity (Wildman–Crippen MR) is 121 cm³/mol. The van der Waals surface area contributed by atoms with E-state index in [1.807, 2.05) is 42.7 Å². The van der Waals surface area contributed by atoms with Gasteiger partial charge in [-0.15, -0.1) is 10.2 Å². The highest BCUT2D eigenvalue weighted by Crippen LogP contribution is 2.30. The van der Waals surface area contributed by atoms with E-state index in [2.05, 4.69) is 15.5 Å². The molecule has 0 saturated carbocycles. The van der Waals surface area contributed by atoms with Gasteiger partial charge in [-0.1, -0.05) is 17.8 Å². The SMILES string of the molecule is CCn1c(SCC(=O)NC(C)c2ccc(OCCOC)c(OC)c2)nnc1-c1ccco1. The minimum Gasteiger partial charge on any atom is -0.493 e. The molecule has 0 saturated heterocycles. The molecule has 2 aromatic heterocycles. The molecular weight excluding hydrogens is 432 g/mol. The zero-order chi connectivity index (χ0) is 22.9. The molecule has 1 N–H and O–H groups in total. The van der Waals surface area contributed by atoms with Crippen LogP contribution in [-0.2, 0) is 16.1 Å². The molecule has 172 valence electrons. The lowest BCUT2D eigenvalue weighted by Gasteiger charge is -2.17. The fourth-order valence-electron chi connectivity index (χ4n) is 3.07. The summed E-state index contributed by atoms with van der Waals surface area (Å²) < 4.78 is 23.4. The maximum Gasteiger partial charge on any atom is 0.230 e. The summed E-state index contributed by atoms with van der Waals surface area (Å²) in [6.45, 7) is 5.51. The van der Waals surface area contributed by atoms with Gasteiger partial charge in [0.25, 0.3) is 0 Å². The molecule has 1 atom stereocenters. The third-order valence-electron chi connectivity index (χ3n) is 4.72. The van der Waals surface area contributed by atoms with Gasteiger partial charge in [-0.05, 0) is 43.7 Å². The second-order valence-corrected chi connectivity index (χ2v) is 7.80. The number of benzene rings is 1. The van der Waals surface area contributed by atoms with E-state index in [1.54, 1.807) is 26.5 Å². The van der Waals surface area contributed by atoms with Gasteiger partial charge < -0.3 is 23.9 Å². The molecule has 1 aromatic carbocycles. The second-order valence-electron chi connectivity index (χ2n) is 6.86. The summed E-state index contributed by atoms with van der Waals surface area (Å²) in [4.78, 5) is 12.6. The Labute approximate surface area is 191 Å². The van der Waals surface area contributed by atoms with Crippen LogP contribution in [0.2, 0.25) is 0 Å². The van der Waals surface area contributed by atoms with Crippen molar-refractivity contribution in [2.75, 3.05) is 33.2 Å². The Morgan fingerprint density at radius 3 is 2.75 bits per heavy atom. The van der Waals surface area contributed by atoms with Gasteiger partial charge in [-0.3, -0.25) is 9.36 Å². The highest BCUT2D eigenvalue weighted by atomic mass is 32.2. The Hall–Kier alpha value is -2.98. The number of hydrogen-bond acceptors (Lipinski definition) is 8. The molecule has 0 aliphatic rings. The van der Waals surface area contributed by atoms with E-state index >= 15 is 0 Å². The quantitative estimate of drug-likeness (QED) is 0.323. The monoisotopic (exact) mass is 460 g/mol. The maximum atomic E-state index is 12.6. The Morgan fingerprint density at radius 1 is 1.22 bits per heavy atom. The minimum atomic E-state index is -0.201. The summed E-state index contributed by atoms with van der Waals surface area (Å²) in [7, 11) is 3.21. The van der Waals surface area contributed by atoms with Crippen LogP contribution in [0.1, 0.15) is 25.5 Å². The number of aromatic nitrogens is 3. The number of thioether (sulfide) groups is 1. The summed E-state index contributed by atoms with van der Waals surface area (Å²) in [5.74, 6) is 2.65. The Bertz CT molecular complexity index is 1010. The van der Waals surface area contributed by atoms with Crippen molar-refractivity contribution < 1.29 is 23.4 Å². The fraction of sp³-hybridized carbons (Fsp3) is 0.409. The zero-order valence-corrected chi connectivity index (χ0v) is 19.5. The van der Waals surface area contributed by atoms with Gasteiger partial charge in [0.1, 0.15) is 6.61 Å². The van der Waals surface area contributed by atoms with Gasteiger partial charge in [0, 0.05) is 13.7 Å². The van der Waals surface area contributed by atoms with E-state index in [-0.39, 0.29) is 17.7 Å². The third kappa shape index (κ3) is 5.83. The summed E-state index contributed by atoms with van der Waals surface area (Å²) in [5, 5.41) is 12.1. The summed E-state index contributed by atoms with van der Waals surface area (Å²) in [6, 6.07) is 9.05. The van der Waals surface area contributed by atoms with E-state index in [0.717, 1.165) is 5.56 Å². The Morgan fingerprint density at radius 2 is 2.06 bits per heavy atom. The molecule has 9 nitrogen and oxygen atoms in total. The van der Waals surface area contributed by atoms with E-state index in [4.69, 9.17) is 18.6 Å². The van der Waals surface area contributed by atoms with Crippen LogP contribution < -0.4 is 14.8 Å². The number of nitrogens with zero attached hydrogens (tertiary/aromatic N) is 3. The second kappa shape index (κ2) is 11.6.